The number of rotatable bonds is 4. The molecule has 0 spiro atoms. The summed E-state index contributed by atoms with van der Waals surface area (Å²) in [5.74, 6) is -0.237. The Hall–Kier alpha value is -1.35. The van der Waals surface area contributed by atoms with E-state index in [1.807, 2.05) is 31.9 Å². The molecule has 0 aliphatic rings. The van der Waals surface area contributed by atoms with Gasteiger partial charge < -0.3 is 10.6 Å². The van der Waals surface area contributed by atoms with Crippen LogP contribution in [0.15, 0.2) is 30.4 Å². The molecule has 0 unspecified atom stereocenters. The first-order chi connectivity index (χ1) is 7.41. The molecule has 1 aromatic carbocycles. The zero-order chi connectivity index (χ0) is 12.3. The molecule has 3 heteroatoms. The zero-order valence-electron chi connectivity index (χ0n) is 10.1. The number of hydrogen-bond donors (Lipinski definition) is 1. The van der Waals surface area contributed by atoms with Crippen LogP contribution in [0, 0.1) is 5.82 Å². The van der Waals surface area contributed by atoms with Crippen molar-refractivity contribution in [2.24, 2.45) is 5.73 Å². The summed E-state index contributed by atoms with van der Waals surface area (Å²) in [5.41, 5.74) is 8.08. The Morgan fingerprint density at radius 1 is 1.56 bits per heavy atom. The Balaban J connectivity index is 2.94. The Morgan fingerprint density at radius 3 is 2.62 bits per heavy atom. The van der Waals surface area contributed by atoms with Crippen LogP contribution in [0.5, 0.6) is 0 Å². The standard InChI is InChI=1S/C13H19FN2/c1-9(2)8-16(4)13-6-5-11(10(3)15)7-12(13)14/h5-7,10H,1,8,15H2,2-4H3/t10-/m0/s1. The van der Waals surface area contributed by atoms with Crippen LogP contribution in [0.3, 0.4) is 0 Å². The lowest BCUT2D eigenvalue weighted by Crippen LogP contribution is -2.20. The molecular weight excluding hydrogens is 203 g/mol. The van der Waals surface area contributed by atoms with E-state index in [2.05, 4.69) is 6.58 Å². The van der Waals surface area contributed by atoms with Crippen molar-refractivity contribution >= 4 is 5.69 Å². The molecule has 0 aliphatic heterocycles. The Bertz CT molecular complexity index is 386. The first-order valence-electron chi connectivity index (χ1n) is 5.32. The predicted molar refractivity (Wildman–Crippen MR) is 67.1 cm³/mol. The summed E-state index contributed by atoms with van der Waals surface area (Å²) < 4.78 is 13.8. The van der Waals surface area contributed by atoms with E-state index in [0.29, 0.717) is 12.2 Å². The van der Waals surface area contributed by atoms with Crippen LogP contribution in [-0.4, -0.2) is 13.6 Å². The normalized spacial score (nSPS) is 12.3. The zero-order valence-corrected chi connectivity index (χ0v) is 10.1. The van der Waals surface area contributed by atoms with Crippen LogP contribution in [0.25, 0.3) is 0 Å². The van der Waals surface area contributed by atoms with Gasteiger partial charge in [0.05, 0.1) is 5.69 Å². The molecule has 0 saturated heterocycles. The fourth-order valence-electron chi connectivity index (χ4n) is 1.61. The maximum atomic E-state index is 13.8. The van der Waals surface area contributed by atoms with E-state index < -0.39 is 0 Å². The summed E-state index contributed by atoms with van der Waals surface area (Å²) in [6.45, 7) is 8.22. The summed E-state index contributed by atoms with van der Waals surface area (Å²) in [5, 5.41) is 0. The molecule has 1 rings (SSSR count). The van der Waals surface area contributed by atoms with Crippen molar-refractivity contribution in [2.75, 3.05) is 18.5 Å². The SMILES string of the molecule is C=C(C)CN(C)c1ccc([C@H](C)N)cc1F. The largest absolute Gasteiger partial charge is 0.368 e. The molecular formula is C13H19FN2. The molecule has 0 bridgehead atoms. The van der Waals surface area contributed by atoms with Crippen LogP contribution in [-0.2, 0) is 0 Å². The lowest BCUT2D eigenvalue weighted by Gasteiger charge is -2.20. The number of nitrogens with two attached hydrogens (primary N) is 1. The summed E-state index contributed by atoms with van der Waals surface area (Å²) in [6.07, 6.45) is 0. The second-order valence-corrected chi connectivity index (χ2v) is 4.31. The molecule has 1 aromatic rings. The minimum absolute atomic E-state index is 0.144. The van der Waals surface area contributed by atoms with Crippen molar-refractivity contribution in [1.29, 1.82) is 0 Å². The number of anilines is 1. The topological polar surface area (TPSA) is 29.3 Å². The van der Waals surface area contributed by atoms with Gasteiger partial charge in [0.1, 0.15) is 5.82 Å². The average Bonchev–Trinajstić information content (AvgIpc) is 2.15. The van der Waals surface area contributed by atoms with E-state index in [-0.39, 0.29) is 11.9 Å². The number of halogens is 1. The van der Waals surface area contributed by atoms with Crippen LogP contribution < -0.4 is 10.6 Å². The van der Waals surface area contributed by atoms with Gasteiger partial charge in [-0.15, -0.1) is 0 Å². The Morgan fingerprint density at radius 2 is 2.19 bits per heavy atom. The monoisotopic (exact) mass is 222 g/mol. The van der Waals surface area contributed by atoms with E-state index in [1.165, 1.54) is 6.07 Å². The molecule has 0 saturated carbocycles. The highest BCUT2D eigenvalue weighted by Gasteiger charge is 2.09. The second-order valence-electron chi connectivity index (χ2n) is 4.31. The van der Waals surface area contributed by atoms with Gasteiger partial charge >= 0.3 is 0 Å². The van der Waals surface area contributed by atoms with Crippen molar-refractivity contribution < 1.29 is 4.39 Å². The van der Waals surface area contributed by atoms with Gasteiger partial charge in [-0.05, 0) is 31.5 Å². The number of nitrogens with zero attached hydrogens (tertiary/aromatic N) is 1. The van der Waals surface area contributed by atoms with Gasteiger partial charge in [0.15, 0.2) is 0 Å². The first-order valence-corrected chi connectivity index (χ1v) is 5.32. The minimum Gasteiger partial charge on any atom is -0.368 e. The summed E-state index contributed by atoms with van der Waals surface area (Å²) >= 11 is 0. The van der Waals surface area contributed by atoms with E-state index in [1.54, 1.807) is 6.07 Å². The van der Waals surface area contributed by atoms with Crippen LogP contribution in [0.2, 0.25) is 0 Å². The number of likely N-dealkylation sites (N-methyl/N-ethyl adjacent to an activating group) is 1. The van der Waals surface area contributed by atoms with Gasteiger partial charge in [-0.1, -0.05) is 18.2 Å². The maximum Gasteiger partial charge on any atom is 0.146 e. The predicted octanol–water partition coefficient (Wildman–Crippen LogP) is 2.86. The third-order valence-electron chi connectivity index (χ3n) is 2.42. The maximum absolute atomic E-state index is 13.8. The van der Waals surface area contributed by atoms with Crippen molar-refractivity contribution in [1.82, 2.24) is 0 Å². The van der Waals surface area contributed by atoms with E-state index in [0.717, 1.165) is 11.1 Å². The molecule has 2 N–H and O–H groups in total. The molecule has 1 atom stereocenters. The van der Waals surface area contributed by atoms with E-state index in [4.69, 9.17) is 5.73 Å². The Labute approximate surface area is 96.6 Å². The van der Waals surface area contributed by atoms with Crippen LogP contribution in [0.4, 0.5) is 10.1 Å². The van der Waals surface area contributed by atoms with Gasteiger partial charge in [-0.3, -0.25) is 0 Å². The molecule has 0 aliphatic carbocycles. The van der Waals surface area contributed by atoms with Gasteiger partial charge in [0.2, 0.25) is 0 Å². The summed E-state index contributed by atoms with van der Waals surface area (Å²) in [7, 11) is 1.85. The lowest BCUT2D eigenvalue weighted by molar-refractivity contribution is 0.619. The van der Waals surface area contributed by atoms with Gasteiger partial charge in [0, 0.05) is 19.6 Å². The van der Waals surface area contributed by atoms with Crippen molar-refractivity contribution in [2.45, 2.75) is 19.9 Å². The van der Waals surface area contributed by atoms with Crippen LogP contribution in [0.1, 0.15) is 25.5 Å². The fraction of sp³-hybridized carbons (Fsp3) is 0.385. The molecule has 0 aromatic heterocycles. The third kappa shape index (κ3) is 3.07. The summed E-state index contributed by atoms with van der Waals surface area (Å²) in [4.78, 5) is 1.84. The Kier molecular flexibility index (Phi) is 4.07. The first kappa shape index (κ1) is 12.7. The van der Waals surface area contributed by atoms with Crippen LogP contribution >= 0.6 is 0 Å². The van der Waals surface area contributed by atoms with Crippen molar-refractivity contribution in [3.8, 4) is 0 Å². The number of benzene rings is 1. The number of hydrogen-bond acceptors (Lipinski definition) is 2. The lowest BCUT2D eigenvalue weighted by atomic mass is 10.1. The smallest absolute Gasteiger partial charge is 0.146 e. The minimum atomic E-state index is -0.237. The van der Waals surface area contributed by atoms with E-state index in [9.17, 15) is 4.39 Å². The van der Waals surface area contributed by atoms with Gasteiger partial charge in [-0.2, -0.15) is 0 Å². The molecule has 0 radical (unpaired) electrons. The highest BCUT2D eigenvalue weighted by Crippen LogP contribution is 2.22. The quantitative estimate of drug-likeness (QED) is 0.794. The molecule has 0 fully saturated rings. The molecule has 2 nitrogen and oxygen atoms in total. The highest BCUT2D eigenvalue weighted by molar-refractivity contribution is 5.49. The molecule has 88 valence electrons. The average molecular weight is 222 g/mol. The fourth-order valence-corrected chi connectivity index (χ4v) is 1.61. The second kappa shape index (κ2) is 5.12. The van der Waals surface area contributed by atoms with Gasteiger partial charge in [-0.25, -0.2) is 4.39 Å². The highest BCUT2D eigenvalue weighted by atomic mass is 19.1. The van der Waals surface area contributed by atoms with Crippen molar-refractivity contribution in [3.05, 3.63) is 41.7 Å². The van der Waals surface area contributed by atoms with E-state index >= 15 is 0 Å². The molecule has 0 amide bonds. The van der Waals surface area contributed by atoms with Crippen molar-refractivity contribution in [3.63, 3.8) is 0 Å². The molecule has 0 heterocycles. The van der Waals surface area contributed by atoms with Gasteiger partial charge in [0.25, 0.3) is 0 Å². The third-order valence-corrected chi connectivity index (χ3v) is 2.42. The summed E-state index contributed by atoms with van der Waals surface area (Å²) in [6, 6.07) is 4.97. The molecule has 16 heavy (non-hydrogen) atoms.